The van der Waals surface area contributed by atoms with Gasteiger partial charge in [-0.1, -0.05) is 30.3 Å². The molecule has 3 heteroatoms. The van der Waals surface area contributed by atoms with Crippen LogP contribution in [0.1, 0.15) is 22.1 Å². The molecule has 2 aromatic rings. The monoisotopic (exact) mass is 244 g/mol. The number of halogens is 1. The third-order valence-corrected chi connectivity index (χ3v) is 2.70. The van der Waals surface area contributed by atoms with Gasteiger partial charge in [0.05, 0.1) is 7.11 Å². The molecule has 0 N–H and O–H groups in total. The van der Waals surface area contributed by atoms with E-state index in [-0.39, 0.29) is 0 Å². The molecule has 1 atom stereocenters. The minimum absolute atomic E-state index is 0.340. The molecule has 0 amide bonds. The Bertz CT molecular complexity index is 520. The molecule has 0 bridgehead atoms. The molecule has 2 aromatic carbocycles. The molecule has 0 aliphatic rings. The molecule has 2 nitrogen and oxygen atoms in total. The van der Waals surface area contributed by atoms with Gasteiger partial charge in [0.1, 0.15) is 5.75 Å². The second kappa shape index (κ2) is 5.45. The highest BCUT2D eigenvalue weighted by atomic mass is 19.1. The first-order valence-electron chi connectivity index (χ1n) is 5.59. The molecule has 92 valence electrons. The average Bonchev–Trinajstić information content (AvgIpc) is 2.47. The predicted molar refractivity (Wildman–Crippen MR) is 67.6 cm³/mol. The lowest BCUT2D eigenvalue weighted by molar-refractivity contribution is 0.0878. The molecule has 0 heterocycles. The zero-order valence-electron chi connectivity index (χ0n) is 9.97. The number of hydrogen-bond acceptors (Lipinski definition) is 2. The summed E-state index contributed by atoms with van der Waals surface area (Å²) in [6.45, 7) is 0. The van der Waals surface area contributed by atoms with Gasteiger partial charge in [0.15, 0.2) is 6.17 Å². The Kier molecular flexibility index (Phi) is 3.72. The van der Waals surface area contributed by atoms with Gasteiger partial charge >= 0.3 is 0 Å². The summed E-state index contributed by atoms with van der Waals surface area (Å²) in [6.07, 6.45) is -1.63. The third kappa shape index (κ3) is 2.56. The molecule has 0 fully saturated rings. The lowest BCUT2D eigenvalue weighted by atomic mass is 10.0. The van der Waals surface area contributed by atoms with E-state index in [4.69, 9.17) is 4.74 Å². The predicted octanol–water partition coefficient (Wildman–Crippen LogP) is 3.59. The summed E-state index contributed by atoms with van der Waals surface area (Å²) in [5, 5.41) is 0. The maximum atomic E-state index is 14.0. The van der Waals surface area contributed by atoms with Crippen molar-refractivity contribution in [2.45, 2.75) is 6.17 Å². The Hall–Kier alpha value is -2.16. The number of carbonyl (C=O) groups is 1. The molecule has 0 radical (unpaired) electrons. The number of Topliss-reactive ketones (excluding diaryl/α,β-unsaturated/α-hetero) is 1. The van der Waals surface area contributed by atoms with Gasteiger partial charge in [-0.3, -0.25) is 4.79 Å². The van der Waals surface area contributed by atoms with Crippen molar-refractivity contribution in [3.05, 3.63) is 65.7 Å². The van der Waals surface area contributed by atoms with Crippen LogP contribution in [0.15, 0.2) is 54.6 Å². The molecule has 0 aliphatic heterocycles. The van der Waals surface area contributed by atoms with Crippen LogP contribution >= 0.6 is 0 Å². The summed E-state index contributed by atoms with van der Waals surface area (Å²) in [4.78, 5) is 11.9. The van der Waals surface area contributed by atoms with Gasteiger partial charge in [-0.25, -0.2) is 4.39 Å². The summed E-state index contributed by atoms with van der Waals surface area (Å²) in [5.41, 5.74) is 0.713. The highest BCUT2D eigenvalue weighted by molar-refractivity contribution is 6.00. The molecular weight excluding hydrogens is 231 g/mol. The first-order valence-corrected chi connectivity index (χ1v) is 5.59. The molecule has 0 saturated heterocycles. The molecule has 0 aliphatic carbocycles. The number of ketones is 1. The first-order chi connectivity index (χ1) is 8.72. The van der Waals surface area contributed by atoms with Gasteiger partial charge in [0.25, 0.3) is 0 Å². The van der Waals surface area contributed by atoms with Gasteiger partial charge in [0.2, 0.25) is 5.78 Å². The second-order valence-electron chi connectivity index (χ2n) is 3.87. The quantitative estimate of drug-likeness (QED) is 0.768. The van der Waals surface area contributed by atoms with E-state index in [1.807, 2.05) is 0 Å². The topological polar surface area (TPSA) is 26.3 Å². The minimum Gasteiger partial charge on any atom is -0.497 e. The lowest BCUT2D eigenvalue weighted by Gasteiger charge is -2.08. The molecule has 2 rings (SSSR count). The lowest BCUT2D eigenvalue weighted by Crippen LogP contribution is -2.08. The van der Waals surface area contributed by atoms with Gasteiger partial charge in [-0.2, -0.15) is 0 Å². The number of carbonyl (C=O) groups excluding carboxylic acids is 1. The Morgan fingerprint density at radius 3 is 2.22 bits per heavy atom. The van der Waals surface area contributed by atoms with Crippen LogP contribution < -0.4 is 4.74 Å². The van der Waals surface area contributed by atoms with Gasteiger partial charge < -0.3 is 4.74 Å². The SMILES string of the molecule is COc1ccc(C(=O)[C@H](F)c2ccccc2)cc1. The van der Waals surface area contributed by atoms with Crippen LogP contribution in [0.4, 0.5) is 4.39 Å². The van der Waals surface area contributed by atoms with Crippen molar-refractivity contribution in [3.8, 4) is 5.75 Å². The van der Waals surface area contributed by atoms with E-state index in [0.29, 0.717) is 16.9 Å². The standard InChI is InChI=1S/C15H13FO2/c1-18-13-9-7-12(8-10-13)15(17)14(16)11-5-3-2-4-6-11/h2-10,14H,1H3/t14-/m1/s1. The fourth-order valence-corrected chi connectivity index (χ4v) is 1.67. The summed E-state index contributed by atoms with van der Waals surface area (Å²) in [7, 11) is 1.54. The summed E-state index contributed by atoms with van der Waals surface area (Å²) >= 11 is 0. The number of alkyl halides is 1. The smallest absolute Gasteiger partial charge is 0.201 e. The van der Waals surface area contributed by atoms with E-state index in [2.05, 4.69) is 0 Å². The van der Waals surface area contributed by atoms with Crippen LogP contribution in [-0.2, 0) is 0 Å². The highest BCUT2D eigenvalue weighted by Gasteiger charge is 2.20. The van der Waals surface area contributed by atoms with Crippen molar-refractivity contribution >= 4 is 5.78 Å². The van der Waals surface area contributed by atoms with E-state index in [1.54, 1.807) is 61.7 Å². The van der Waals surface area contributed by atoms with E-state index >= 15 is 0 Å². The number of hydrogen-bond donors (Lipinski definition) is 0. The maximum absolute atomic E-state index is 14.0. The van der Waals surface area contributed by atoms with Gasteiger partial charge in [-0.15, -0.1) is 0 Å². The van der Waals surface area contributed by atoms with Gasteiger partial charge in [-0.05, 0) is 29.8 Å². The molecule has 0 unspecified atom stereocenters. The first kappa shape index (κ1) is 12.3. The fraction of sp³-hybridized carbons (Fsp3) is 0.133. The highest BCUT2D eigenvalue weighted by Crippen LogP contribution is 2.23. The Balaban J connectivity index is 2.20. The molecule has 18 heavy (non-hydrogen) atoms. The van der Waals surface area contributed by atoms with E-state index < -0.39 is 12.0 Å². The van der Waals surface area contributed by atoms with E-state index in [9.17, 15) is 9.18 Å². The van der Waals surface area contributed by atoms with Crippen LogP contribution in [0.5, 0.6) is 5.75 Å². The number of benzene rings is 2. The Labute approximate surface area is 105 Å². The number of methoxy groups -OCH3 is 1. The molecule has 0 aromatic heterocycles. The molecule has 0 spiro atoms. The molecule has 0 saturated carbocycles. The summed E-state index contributed by atoms with van der Waals surface area (Å²) < 4.78 is 19.0. The normalized spacial score (nSPS) is 11.9. The molecular formula is C15H13FO2. The van der Waals surface area contributed by atoms with Crippen LogP contribution in [0.2, 0.25) is 0 Å². The average molecular weight is 244 g/mol. The summed E-state index contributed by atoms with van der Waals surface area (Å²) in [6, 6.07) is 14.8. The van der Waals surface area contributed by atoms with Crippen molar-refractivity contribution < 1.29 is 13.9 Å². The van der Waals surface area contributed by atoms with Crippen LogP contribution in [0.3, 0.4) is 0 Å². The minimum atomic E-state index is -1.63. The maximum Gasteiger partial charge on any atom is 0.201 e. The summed E-state index contributed by atoms with van der Waals surface area (Å²) in [5.74, 6) is 0.102. The third-order valence-electron chi connectivity index (χ3n) is 2.70. The van der Waals surface area contributed by atoms with Gasteiger partial charge in [0, 0.05) is 5.56 Å². The van der Waals surface area contributed by atoms with Crippen LogP contribution in [0, 0.1) is 0 Å². The van der Waals surface area contributed by atoms with Crippen molar-refractivity contribution in [3.63, 3.8) is 0 Å². The second-order valence-corrected chi connectivity index (χ2v) is 3.87. The zero-order valence-corrected chi connectivity index (χ0v) is 9.97. The fourth-order valence-electron chi connectivity index (χ4n) is 1.67. The van der Waals surface area contributed by atoms with E-state index in [0.717, 1.165) is 0 Å². The van der Waals surface area contributed by atoms with Crippen molar-refractivity contribution in [2.75, 3.05) is 7.11 Å². The van der Waals surface area contributed by atoms with Crippen LogP contribution in [0.25, 0.3) is 0 Å². The van der Waals surface area contributed by atoms with Crippen molar-refractivity contribution in [2.24, 2.45) is 0 Å². The van der Waals surface area contributed by atoms with E-state index in [1.165, 1.54) is 0 Å². The largest absolute Gasteiger partial charge is 0.497 e. The number of rotatable bonds is 4. The van der Waals surface area contributed by atoms with Crippen molar-refractivity contribution in [1.29, 1.82) is 0 Å². The number of ether oxygens (including phenoxy) is 1. The zero-order chi connectivity index (χ0) is 13.0. The Morgan fingerprint density at radius 2 is 1.67 bits per heavy atom. The Morgan fingerprint density at radius 1 is 1.06 bits per heavy atom. The van der Waals surface area contributed by atoms with Crippen molar-refractivity contribution in [1.82, 2.24) is 0 Å². The van der Waals surface area contributed by atoms with Crippen LogP contribution in [-0.4, -0.2) is 12.9 Å².